The minimum atomic E-state index is -0.582. The summed E-state index contributed by atoms with van der Waals surface area (Å²) in [6, 6.07) is 1.21. The summed E-state index contributed by atoms with van der Waals surface area (Å²) in [5.41, 5.74) is 1.05. The summed E-state index contributed by atoms with van der Waals surface area (Å²) in [4.78, 5) is 34.6. The number of carbonyl (C=O) groups is 2. The molecule has 2 aromatic rings. The summed E-state index contributed by atoms with van der Waals surface area (Å²) in [5.74, 6) is -0.459. The second-order valence-corrected chi connectivity index (χ2v) is 5.34. The lowest BCUT2D eigenvalue weighted by Gasteiger charge is -2.32. The number of fused-ring (bicyclic) bond motifs is 1. The van der Waals surface area contributed by atoms with Crippen LogP contribution in [-0.2, 0) is 16.1 Å². The first kappa shape index (κ1) is 16.1. The number of hydrogen-bond acceptors (Lipinski definition) is 6. The van der Waals surface area contributed by atoms with Gasteiger partial charge < -0.3 is 15.0 Å². The lowest BCUT2D eigenvalue weighted by atomic mass is 10.1. The minimum Gasteiger partial charge on any atom is -0.383 e. The van der Waals surface area contributed by atoms with E-state index in [1.54, 1.807) is 29.0 Å². The molecule has 1 aliphatic rings. The molecule has 0 spiro atoms. The van der Waals surface area contributed by atoms with Gasteiger partial charge in [0.05, 0.1) is 31.6 Å². The van der Waals surface area contributed by atoms with Crippen molar-refractivity contribution < 1.29 is 14.3 Å². The zero-order chi connectivity index (χ0) is 16.9. The molecule has 0 saturated carbocycles. The molecule has 0 aliphatic carbocycles. The van der Waals surface area contributed by atoms with Gasteiger partial charge in [0, 0.05) is 32.2 Å². The van der Waals surface area contributed by atoms with Gasteiger partial charge >= 0.3 is 0 Å². The monoisotopic (exact) mass is 330 g/mol. The first-order chi connectivity index (χ1) is 11.7. The van der Waals surface area contributed by atoms with E-state index >= 15 is 0 Å². The van der Waals surface area contributed by atoms with E-state index in [1.807, 2.05) is 0 Å². The zero-order valence-corrected chi connectivity index (χ0v) is 13.3. The van der Waals surface area contributed by atoms with Crippen LogP contribution in [0.5, 0.6) is 0 Å². The fraction of sp³-hybridized carbons (Fsp3) is 0.400. The molecule has 0 bridgehead atoms. The predicted octanol–water partition coefficient (Wildman–Crippen LogP) is -0.367. The molecule has 0 fully saturated rings. The summed E-state index contributed by atoms with van der Waals surface area (Å²) < 4.78 is 6.59. The topological polar surface area (TPSA) is 102 Å². The van der Waals surface area contributed by atoms with Crippen LogP contribution in [0.1, 0.15) is 22.2 Å². The number of aromatic nitrogens is 4. The van der Waals surface area contributed by atoms with Crippen molar-refractivity contribution in [2.45, 2.75) is 12.6 Å². The zero-order valence-electron chi connectivity index (χ0n) is 13.3. The summed E-state index contributed by atoms with van der Waals surface area (Å²) in [6.07, 6.45) is 6.02. The maximum Gasteiger partial charge on any atom is 0.274 e. The number of hydrogen-bond donors (Lipinski definition) is 1. The van der Waals surface area contributed by atoms with Crippen LogP contribution in [0.15, 0.2) is 30.9 Å². The molecule has 1 atom stereocenters. The van der Waals surface area contributed by atoms with Crippen molar-refractivity contribution in [1.82, 2.24) is 30.0 Å². The Morgan fingerprint density at radius 3 is 3.00 bits per heavy atom. The maximum absolute atomic E-state index is 12.6. The lowest BCUT2D eigenvalue weighted by molar-refractivity contribution is -0.125. The summed E-state index contributed by atoms with van der Waals surface area (Å²) >= 11 is 0. The third kappa shape index (κ3) is 3.25. The van der Waals surface area contributed by atoms with Crippen LogP contribution in [0, 0.1) is 0 Å². The van der Waals surface area contributed by atoms with Crippen molar-refractivity contribution in [2.75, 3.05) is 26.8 Å². The van der Waals surface area contributed by atoms with Gasteiger partial charge in [0.2, 0.25) is 5.91 Å². The Hall–Kier alpha value is -2.81. The van der Waals surface area contributed by atoms with Crippen molar-refractivity contribution >= 4 is 11.8 Å². The highest BCUT2D eigenvalue weighted by atomic mass is 16.5. The van der Waals surface area contributed by atoms with Gasteiger partial charge in [-0.15, -0.1) is 0 Å². The number of methoxy groups -OCH3 is 1. The molecular weight excluding hydrogens is 312 g/mol. The number of rotatable bonds is 5. The highest BCUT2D eigenvalue weighted by Gasteiger charge is 2.33. The molecule has 1 aliphatic heterocycles. The van der Waals surface area contributed by atoms with Crippen LogP contribution in [-0.4, -0.2) is 63.3 Å². The Morgan fingerprint density at radius 1 is 1.38 bits per heavy atom. The third-order valence-corrected chi connectivity index (χ3v) is 3.77. The van der Waals surface area contributed by atoms with E-state index in [2.05, 4.69) is 20.4 Å². The predicted molar refractivity (Wildman–Crippen MR) is 82.9 cm³/mol. The van der Waals surface area contributed by atoms with Crippen LogP contribution in [0.4, 0.5) is 0 Å². The molecule has 1 unspecified atom stereocenters. The molecule has 1 N–H and O–H groups in total. The van der Waals surface area contributed by atoms with E-state index in [9.17, 15) is 9.59 Å². The molecule has 24 heavy (non-hydrogen) atoms. The van der Waals surface area contributed by atoms with Gasteiger partial charge in [-0.1, -0.05) is 0 Å². The van der Waals surface area contributed by atoms with Crippen LogP contribution in [0.2, 0.25) is 0 Å². The van der Waals surface area contributed by atoms with Gasteiger partial charge in [0.25, 0.3) is 5.91 Å². The van der Waals surface area contributed by atoms with Crippen molar-refractivity contribution in [3.63, 3.8) is 0 Å². The van der Waals surface area contributed by atoms with E-state index < -0.39 is 6.04 Å². The second-order valence-electron chi connectivity index (χ2n) is 5.34. The van der Waals surface area contributed by atoms with Crippen LogP contribution in [0.3, 0.4) is 0 Å². The first-order valence-electron chi connectivity index (χ1n) is 7.55. The molecule has 2 amide bonds. The van der Waals surface area contributed by atoms with Gasteiger partial charge in [-0.05, 0) is 6.07 Å². The normalized spacial score (nSPS) is 16.5. The van der Waals surface area contributed by atoms with E-state index in [-0.39, 0.29) is 24.1 Å². The van der Waals surface area contributed by atoms with Crippen molar-refractivity contribution in [3.8, 4) is 0 Å². The number of ether oxygens (including phenoxy) is 1. The van der Waals surface area contributed by atoms with Gasteiger partial charge in [-0.25, -0.2) is 4.98 Å². The quantitative estimate of drug-likeness (QED) is 0.751. The Labute approximate surface area is 138 Å². The number of amides is 2. The van der Waals surface area contributed by atoms with Crippen molar-refractivity contribution in [3.05, 3.63) is 42.2 Å². The van der Waals surface area contributed by atoms with E-state index in [0.717, 1.165) is 5.69 Å². The van der Waals surface area contributed by atoms with Gasteiger partial charge in [0.15, 0.2) is 0 Å². The molecule has 9 heteroatoms. The molecular formula is C15H18N6O3. The standard InChI is InChI=1S/C15H18N6O3/c1-24-7-6-18-14(22)13-10-20(9-11-2-3-19-21(11)13)15(23)12-8-16-4-5-17-12/h2-5,8,13H,6-7,9-10H2,1H3,(H,18,22). The number of nitrogens with one attached hydrogen (secondary N) is 1. The van der Waals surface area contributed by atoms with Crippen LogP contribution in [0.25, 0.3) is 0 Å². The average Bonchev–Trinajstić information content (AvgIpc) is 3.09. The minimum absolute atomic E-state index is 0.200. The fourth-order valence-electron chi connectivity index (χ4n) is 2.61. The third-order valence-electron chi connectivity index (χ3n) is 3.77. The Bertz CT molecular complexity index is 717. The number of carbonyl (C=O) groups excluding carboxylic acids is 2. The average molecular weight is 330 g/mol. The highest BCUT2D eigenvalue weighted by molar-refractivity contribution is 5.92. The maximum atomic E-state index is 12.6. The van der Waals surface area contributed by atoms with E-state index in [4.69, 9.17) is 4.74 Å². The molecule has 0 radical (unpaired) electrons. The van der Waals surface area contributed by atoms with Crippen molar-refractivity contribution in [1.29, 1.82) is 0 Å². The van der Waals surface area contributed by atoms with E-state index in [0.29, 0.717) is 19.7 Å². The van der Waals surface area contributed by atoms with Gasteiger partial charge in [-0.2, -0.15) is 5.10 Å². The summed E-state index contributed by atoms with van der Waals surface area (Å²) in [6.45, 7) is 1.42. The molecule has 0 aromatic carbocycles. The molecule has 9 nitrogen and oxygen atoms in total. The fourth-order valence-corrected chi connectivity index (χ4v) is 2.61. The first-order valence-corrected chi connectivity index (χ1v) is 7.55. The van der Waals surface area contributed by atoms with Crippen LogP contribution < -0.4 is 5.32 Å². The SMILES string of the molecule is COCCNC(=O)C1CN(C(=O)c2cnccn2)Cc2ccnn21. The largest absolute Gasteiger partial charge is 0.383 e. The Balaban J connectivity index is 1.78. The molecule has 126 valence electrons. The number of nitrogens with zero attached hydrogens (tertiary/aromatic N) is 5. The lowest BCUT2D eigenvalue weighted by Crippen LogP contribution is -2.47. The summed E-state index contributed by atoms with van der Waals surface area (Å²) in [5, 5.41) is 7.01. The van der Waals surface area contributed by atoms with E-state index in [1.165, 1.54) is 18.6 Å². The van der Waals surface area contributed by atoms with Gasteiger partial charge in [0.1, 0.15) is 11.7 Å². The highest BCUT2D eigenvalue weighted by Crippen LogP contribution is 2.21. The Kier molecular flexibility index (Phi) is 4.80. The van der Waals surface area contributed by atoms with Crippen LogP contribution >= 0.6 is 0 Å². The Morgan fingerprint density at radius 2 is 2.25 bits per heavy atom. The second kappa shape index (κ2) is 7.18. The smallest absolute Gasteiger partial charge is 0.274 e. The molecule has 3 rings (SSSR count). The van der Waals surface area contributed by atoms with Gasteiger partial charge in [-0.3, -0.25) is 19.3 Å². The molecule has 3 heterocycles. The summed E-state index contributed by atoms with van der Waals surface area (Å²) in [7, 11) is 1.57. The molecule has 0 saturated heterocycles. The van der Waals surface area contributed by atoms with Crippen molar-refractivity contribution in [2.24, 2.45) is 0 Å². The molecule has 2 aromatic heterocycles.